The predicted molar refractivity (Wildman–Crippen MR) is 89.8 cm³/mol. The molecule has 0 spiro atoms. The van der Waals surface area contributed by atoms with Crippen LogP contribution in [0.1, 0.15) is 60.0 Å². The van der Waals surface area contributed by atoms with Gasteiger partial charge < -0.3 is 15.0 Å². The number of aliphatic carboxylic acids is 1. The quantitative estimate of drug-likeness (QED) is 0.843. The maximum Gasteiger partial charge on any atom is 0.311 e. The fourth-order valence-corrected chi connectivity index (χ4v) is 3.67. The van der Waals surface area contributed by atoms with Crippen molar-refractivity contribution < 1.29 is 19.5 Å². The van der Waals surface area contributed by atoms with E-state index in [0.29, 0.717) is 30.5 Å². The normalized spacial score (nSPS) is 24.9. The number of ketones is 1. The van der Waals surface area contributed by atoms with Gasteiger partial charge in [-0.3, -0.25) is 19.2 Å². The van der Waals surface area contributed by atoms with Crippen LogP contribution in [0.25, 0.3) is 0 Å². The Hall–Kier alpha value is -2.44. The Morgan fingerprint density at radius 3 is 2.48 bits per heavy atom. The second kappa shape index (κ2) is 5.54. The van der Waals surface area contributed by atoms with Crippen LogP contribution in [0.15, 0.2) is 10.9 Å². The molecule has 134 valence electrons. The first-order chi connectivity index (χ1) is 11.5. The number of aromatic nitrogens is 1. The molecule has 1 fully saturated rings. The number of nitrogens with zero attached hydrogens (tertiary/aromatic N) is 1. The molecule has 1 atom stereocenters. The molecule has 25 heavy (non-hydrogen) atoms. The summed E-state index contributed by atoms with van der Waals surface area (Å²) >= 11 is 0. The van der Waals surface area contributed by atoms with E-state index < -0.39 is 22.9 Å². The number of nitrogens with one attached hydrogen (secondary N) is 1. The number of Topliss-reactive ketones (excluding diaryl/α,β-unsaturated/α-hetero) is 1. The highest BCUT2D eigenvalue weighted by Crippen LogP contribution is 2.34. The van der Waals surface area contributed by atoms with Crippen LogP contribution >= 0.6 is 0 Å². The maximum atomic E-state index is 12.7. The van der Waals surface area contributed by atoms with Crippen LogP contribution in [0.2, 0.25) is 0 Å². The van der Waals surface area contributed by atoms with Gasteiger partial charge in [0.25, 0.3) is 11.5 Å². The highest BCUT2D eigenvalue weighted by atomic mass is 16.4. The molecule has 7 heteroatoms. The van der Waals surface area contributed by atoms with Crippen molar-refractivity contribution in [2.24, 2.45) is 10.8 Å². The number of carbonyl (C=O) groups excluding carboxylic acids is 2. The summed E-state index contributed by atoms with van der Waals surface area (Å²) < 4.78 is 0. The lowest BCUT2D eigenvalue weighted by atomic mass is 9.75. The van der Waals surface area contributed by atoms with Crippen LogP contribution in [-0.2, 0) is 11.2 Å². The van der Waals surface area contributed by atoms with Crippen LogP contribution in [0, 0.1) is 10.8 Å². The molecular formula is C18H22N2O5. The SMILES string of the molecule is CC1(C)CC(=O)c2cc(C(=O)N3CCC(C)(C(=O)O)C3)c(=O)[nH]c2C1. The molecule has 3 rings (SSSR count). The topological polar surface area (TPSA) is 108 Å². The minimum Gasteiger partial charge on any atom is -0.481 e. The van der Waals surface area contributed by atoms with Crippen LogP contribution < -0.4 is 5.56 Å². The number of aromatic amines is 1. The number of hydrogen-bond donors (Lipinski definition) is 2. The smallest absolute Gasteiger partial charge is 0.311 e. The third-order valence-electron chi connectivity index (χ3n) is 5.22. The van der Waals surface area contributed by atoms with Crippen LogP contribution in [0.4, 0.5) is 0 Å². The lowest BCUT2D eigenvalue weighted by molar-refractivity contribution is -0.147. The van der Waals surface area contributed by atoms with Crippen molar-refractivity contribution in [3.63, 3.8) is 0 Å². The molecular weight excluding hydrogens is 324 g/mol. The number of hydrogen-bond acceptors (Lipinski definition) is 4. The molecule has 1 saturated heterocycles. The number of carboxylic acids is 1. The van der Waals surface area contributed by atoms with Gasteiger partial charge in [-0.15, -0.1) is 0 Å². The molecule has 1 aromatic rings. The average molecular weight is 346 g/mol. The zero-order chi connectivity index (χ0) is 18.6. The summed E-state index contributed by atoms with van der Waals surface area (Å²) in [6, 6.07) is 1.38. The average Bonchev–Trinajstić information content (AvgIpc) is 2.89. The summed E-state index contributed by atoms with van der Waals surface area (Å²) in [5.41, 5.74) is -0.894. The first-order valence-corrected chi connectivity index (χ1v) is 8.34. The number of carboxylic acid groups (broad SMARTS) is 1. The molecule has 0 bridgehead atoms. The van der Waals surface area contributed by atoms with Gasteiger partial charge in [0, 0.05) is 30.8 Å². The van der Waals surface area contributed by atoms with Crippen molar-refractivity contribution in [2.45, 2.75) is 40.0 Å². The molecule has 1 aromatic heterocycles. The van der Waals surface area contributed by atoms with E-state index in [1.165, 1.54) is 11.0 Å². The van der Waals surface area contributed by atoms with Gasteiger partial charge in [-0.2, -0.15) is 0 Å². The number of fused-ring (bicyclic) bond motifs is 1. The second-order valence-electron chi connectivity index (χ2n) is 8.19. The van der Waals surface area contributed by atoms with Crippen LogP contribution in [0.5, 0.6) is 0 Å². The van der Waals surface area contributed by atoms with Gasteiger partial charge in [0.15, 0.2) is 5.78 Å². The molecule has 2 N–H and O–H groups in total. The van der Waals surface area contributed by atoms with Crippen molar-refractivity contribution in [1.29, 1.82) is 0 Å². The van der Waals surface area contributed by atoms with E-state index in [1.54, 1.807) is 6.92 Å². The number of likely N-dealkylation sites (tertiary alicyclic amines) is 1. The number of rotatable bonds is 2. The monoisotopic (exact) mass is 346 g/mol. The second-order valence-corrected chi connectivity index (χ2v) is 8.19. The fourth-order valence-electron chi connectivity index (χ4n) is 3.67. The maximum absolute atomic E-state index is 12.7. The zero-order valence-electron chi connectivity index (χ0n) is 14.6. The van der Waals surface area contributed by atoms with Gasteiger partial charge >= 0.3 is 5.97 Å². The Bertz CT molecular complexity index is 838. The highest BCUT2D eigenvalue weighted by molar-refractivity contribution is 6.02. The Morgan fingerprint density at radius 1 is 1.20 bits per heavy atom. The van der Waals surface area contributed by atoms with E-state index in [-0.39, 0.29) is 29.9 Å². The van der Waals surface area contributed by atoms with Gasteiger partial charge in [-0.05, 0) is 31.2 Å². The van der Waals surface area contributed by atoms with E-state index in [9.17, 15) is 24.3 Å². The molecule has 0 saturated carbocycles. The molecule has 7 nitrogen and oxygen atoms in total. The molecule has 1 unspecified atom stereocenters. The number of amides is 1. The lowest BCUT2D eigenvalue weighted by Gasteiger charge is -2.30. The third-order valence-corrected chi connectivity index (χ3v) is 5.22. The van der Waals surface area contributed by atoms with Crippen molar-refractivity contribution >= 4 is 17.7 Å². The largest absolute Gasteiger partial charge is 0.481 e. The van der Waals surface area contributed by atoms with Crippen molar-refractivity contribution in [3.05, 3.63) is 33.2 Å². The molecule has 1 aliphatic carbocycles. The van der Waals surface area contributed by atoms with E-state index in [4.69, 9.17) is 0 Å². The minimum atomic E-state index is -1.00. The minimum absolute atomic E-state index is 0.0542. The molecule has 0 radical (unpaired) electrons. The highest BCUT2D eigenvalue weighted by Gasteiger charge is 2.43. The molecule has 0 aromatic carbocycles. The number of carbonyl (C=O) groups is 3. The van der Waals surface area contributed by atoms with Gasteiger partial charge in [-0.1, -0.05) is 13.8 Å². The van der Waals surface area contributed by atoms with Crippen molar-refractivity contribution in [2.75, 3.05) is 13.1 Å². The summed E-state index contributed by atoms with van der Waals surface area (Å²) in [6.45, 7) is 5.84. The molecule has 1 amide bonds. The number of pyridine rings is 1. The van der Waals surface area contributed by atoms with E-state index in [2.05, 4.69) is 4.98 Å². The molecule has 2 aliphatic rings. The van der Waals surface area contributed by atoms with E-state index in [0.717, 1.165) is 0 Å². The molecule has 2 heterocycles. The Balaban J connectivity index is 1.93. The Morgan fingerprint density at radius 2 is 1.88 bits per heavy atom. The van der Waals surface area contributed by atoms with Crippen LogP contribution in [-0.4, -0.2) is 45.7 Å². The standard InChI is InChI=1S/C18H22N2O5/c1-17(2)7-12-10(13(21)8-17)6-11(14(22)19-12)15(23)20-5-4-18(3,9-20)16(24)25/h6H,4-5,7-9H2,1-3H3,(H,19,22)(H,24,25). The van der Waals surface area contributed by atoms with E-state index >= 15 is 0 Å². The van der Waals surface area contributed by atoms with Gasteiger partial charge in [0.1, 0.15) is 5.56 Å². The van der Waals surface area contributed by atoms with E-state index in [1.807, 2.05) is 13.8 Å². The summed E-state index contributed by atoms with van der Waals surface area (Å²) in [6.07, 6.45) is 1.27. The third kappa shape index (κ3) is 2.99. The fraction of sp³-hybridized carbons (Fsp3) is 0.556. The van der Waals surface area contributed by atoms with Crippen LogP contribution in [0.3, 0.4) is 0 Å². The summed E-state index contributed by atoms with van der Waals surface area (Å²) in [5.74, 6) is -1.57. The zero-order valence-corrected chi connectivity index (χ0v) is 14.6. The van der Waals surface area contributed by atoms with Gasteiger partial charge in [-0.25, -0.2) is 0 Å². The number of H-pyrrole nitrogens is 1. The first-order valence-electron chi connectivity index (χ1n) is 8.34. The summed E-state index contributed by atoms with van der Waals surface area (Å²) in [7, 11) is 0. The Kier molecular flexibility index (Phi) is 3.85. The molecule has 1 aliphatic heterocycles. The summed E-state index contributed by atoms with van der Waals surface area (Å²) in [4.78, 5) is 52.9. The van der Waals surface area contributed by atoms with Crippen molar-refractivity contribution in [3.8, 4) is 0 Å². The summed E-state index contributed by atoms with van der Waals surface area (Å²) in [5, 5.41) is 9.29. The van der Waals surface area contributed by atoms with Gasteiger partial charge in [0.05, 0.1) is 5.41 Å². The lowest BCUT2D eigenvalue weighted by Crippen LogP contribution is -2.38. The van der Waals surface area contributed by atoms with Gasteiger partial charge in [0.2, 0.25) is 0 Å². The van der Waals surface area contributed by atoms with Crippen molar-refractivity contribution in [1.82, 2.24) is 9.88 Å². The Labute approximate surface area is 145 Å². The predicted octanol–water partition coefficient (Wildman–Crippen LogP) is 1.47. The first kappa shape index (κ1) is 17.4.